The molecular weight excluding hydrogens is 236 g/mol. The summed E-state index contributed by atoms with van der Waals surface area (Å²) in [7, 11) is 2.12. The molecule has 0 spiro atoms. The molecule has 0 saturated heterocycles. The topological polar surface area (TPSA) is 24.5 Å². The SMILES string of the molecule is CC(C)NCc1cccc(OCCN(C)C(C)C)c1. The molecule has 0 atom stereocenters. The molecule has 0 amide bonds. The summed E-state index contributed by atoms with van der Waals surface area (Å²) in [5, 5.41) is 3.41. The number of nitrogens with one attached hydrogen (secondary N) is 1. The number of benzene rings is 1. The predicted molar refractivity (Wildman–Crippen MR) is 81.7 cm³/mol. The van der Waals surface area contributed by atoms with Crippen LogP contribution in [0.1, 0.15) is 33.3 Å². The first kappa shape index (κ1) is 16.0. The van der Waals surface area contributed by atoms with Crippen molar-refractivity contribution in [2.45, 2.75) is 46.3 Å². The fourth-order valence-corrected chi connectivity index (χ4v) is 1.63. The van der Waals surface area contributed by atoms with Gasteiger partial charge in [-0.1, -0.05) is 26.0 Å². The van der Waals surface area contributed by atoms with Gasteiger partial charge in [-0.05, 0) is 38.6 Å². The third kappa shape index (κ3) is 6.60. The van der Waals surface area contributed by atoms with E-state index in [0.29, 0.717) is 12.1 Å². The highest BCUT2D eigenvalue weighted by atomic mass is 16.5. The van der Waals surface area contributed by atoms with Gasteiger partial charge in [0.15, 0.2) is 0 Å². The minimum absolute atomic E-state index is 0.504. The highest BCUT2D eigenvalue weighted by Crippen LogP contribution is 2.13. The molecule has 0 aliphatic heterocycles. The summed E-state index contributed by atoms with van der Waals surface area (Å²) in [6, 6.07) is 9.38. The second kappa shape index (κ2) is 8.18. The van der Waals surface area contributed by atoms with Crippen LogP contribution in [0.25, 0.3) is 0 Å². The first-order valence-electron chi connectivity index (χ1n) is 7.14. The molecule has 0 radical (unpaired) electrons. The summed E-state index contributed by atoms with van der Waals surface area (Å²) in [6.45, 7) is 11.3. The lowest BCUT2D eigenvalue weighted by Gasteiger charge is -2.20. The van der Waals surface area contributed by atoms with Gasteiger partial charge in [-0.2, -0.15) is 0 Å². The highest BCUT2D eigenvalue weighted by Gasteiger charge is 2.03. The van der Waals surface area contributed by atoms with Gasteiger partial charge >= 0.3 is 0 Å². The Kier molecular flexibility index (Phi) is 6.89. The normalized spacial score (nSPS) is 11.6. The van der Waals surface area contributed by atoms with Crippen molar-refractivity contribution in [1.82, 2.24) is 10.2 Å². The summed E-state index contributed by atoms with van der Waals surface area (Å²) in [5.74, 6) is 0.959. The molecule has 0 aromatic heterocycles. The second-order valence-electron chi connectivity index (χ2n) is 5.61. The van der Waals surface area contributed by atoms with Crippen LogP contribution in [0, 0.1) is 0 Å². The van der Waals surface area contributed by atoms with Crippen molar-refractivity contribution < 1.29 is 4.74 Å². The third-order valence-electron chi connectivity index (χ3n) is 3.21. The number of nitrogens with zero attached hydrogens (tertiary/aromatic N) is 1. The lowest BCUT2D eigenvalue weighted by Crippen LogP contribution is -2.30. The maximum Gasteiger partial charge on any atom is 0.119 e. The molecule has 0 aliphatic rings. The van der Waals surface area contributed by atoms with Gasteiger partial charge in [0.2, 0.25) is 0 Å². The molecule has 0 unspecified atom stereocenters. The highest BCUT2D eigenvalue weighted by molar-refractivity contribution is 5.28. The minimum atomic E-state index is 0.504. The van der Waals surface area contributed by atoms with E-state index < -0.39 is 0 Å². The van der Waals surface area contributed by atoms with Crippen LogP contribution in [-0.4, -0.2) is 37.2 Å². The van der Waals surface area contributed by atoms with Crippen LogP contribution in [-0.2, 0) is 6.54 Å². The van der Waals surface area contributed by atoms with Gasteiger partial charge < -0.3 is 15.0 Å². The molecular formula is C16H28N2O. The molecule has 3 nitrogen and oxygen atoms in total. The molecule has 1 N–H and O–H groups in total. The number of hydrogen-bond acceptors (Lipinski definition) is 3. The lowest BCUT2D eigenvalue weighted by atomic mass is 10.2. The van der Waals surface area contributed by atoms with E-state index in [2.05, 4.69) is 63.2 Å². The Morgan fingerprint density at radius 1 is 1.21 bits per heavy atom. The quantitative estimate of drug-likeness (QED) is 0.781. The largest absolute Gasteiger partial charge is 0.492 e. The van der Waals surface area contributed by atoms with E-state index in [0.717, 1.165) is 25.4 Å². The zero-order chi connectivity index (χ0) is 14.3. The first-order chi connectivity index (χ1) is 8.99. The predicted octanol–water partition coefficient (Wildman–Crippen LogP) is 2.90. The van der Waals surface area contributed by atoms with Gasteiger partial charge in [-0.25, -0.2) is 0 Å². The van der Waals surface area contributed by atoms with Crippen molar-refractivity contribution in [3.8, 4) is 5.75 Å². The van der Waals surface area contributed by atoms with E-state index in [1.54, 1.807) is 0 Å². The number of ether oxygens (including phenoxy) is 1. The Hall–Kier alpha value is -1.06. The Morgan fingerprint density at radius 2 is 1.95 bits per heavy atom. The maximum absolute atomic E-state index is 5.80. The van der Waals surface area contributed by atoms with Crippen LogP contribution in [0.2, 0.25) is 0 Å². The Labute approximate surface area is 118 Å². The van der Waals surface area contributed by atoms with Gasteiger partial charge in [-0.3, -0.25) is 0 Å². The van der Waals surface area contributed by atoms with Crippen molar-refractivity contribution in [2.75, 3.05) is 20.2 Å². The number of hydrogen-bond donors (Lipinski definition) is 1. The number of likely N-dealkylation sites (N-methyl/N-ethyl adjacent to an activating group) is 1. The van der Waals surface area contributed by atoms with Crippen molar-refractivity contribution in [3.63, 3.8) is 0 Å². The van der Waals surface area contributed by atoms with Crippen molar-refractivity contribution in [1.29, 1.82) is 0 Å². The molecule has 1 aromatic rings. The Bertz CT molecular complexity index is 364. The van der Waals surface area contributed by atoms with E-state index in [4.69, 9.17) is 4.74 Å². The molecule has 1 rings (SSSR count). The smallest absolute Gasteiger partial charge is 0.119 e. The van der Waals surface area contributed by atoms with Crippen LogP contribution < -0.4 is 10.1 Å². The molecule has 0 bridgehead atoms. The van der Waals surface area contributed by atoms with Gasteiger partial charge in [0, 0.05) is 25.2 Å². The fraction of sp³-hybridized carbons (Fsp3) is 0.625. The summed E-state index contributed by atoms with van der Waals surface area (Å²) in [6.07, 6.45) is 0. The minimum Gasteiger partial charge on any atom is -0.492 e. The van der Waals surface area contributed by atoms with Gasteiger partial charge in [0.25, 0.3) is 0 Å². The zero-order valence-electron chi connectivity index (χ0n) is 12.9. The Morgan fingerprint density at radius 3 is 2.58 bits per heavy atom. The van der Waals surface area contributed by atoms with Crippen LogP contribution in [0.15, 0.2) is 24.3 Å². The van der Waals surface area contributed by atoms with E-state index in [9.17, 15) is 0 Å². The average molecular weight is 264 g/mol. The van der Waals surface area contributed by atoms with Crippen LogP contribution in [0.5, 0.6) is 5.75 Å². The van der Waals surface area contributed by atoms with E-state index in [1.807, 2.05) is 6.07 Å². The Balaban J connectivity index is 2.39. The summed E-state index contributed by atoms with van der Waals surface area (Å²) in [4.78, 5) is 2.28. The van der Waals surface area contributed by atoms with Gasteiger partial charge in [-0.15, -0.1) is 0 Å². The molecule has 19 heavy (non-hydrogen) atoms. The molecule has 108 valence electrons. The summed E-state index contributed by atoms with van der Waals surface area (Å²) in [5.41, 5.74) is 1.27. The third-order valence-corrected chi connectivity index (χ3v) is 3.21. The van der Waals surface area contributed by atoms with Crippen molar-refractivity contribution >= 4 is 0 Å². The molecule has 0 heterocycles. The molecule has 0 saturated carbocycles. The zero-order valence-corrected chi connectivity index (χ0v) is 12.9. The molecule has 0 fully saturated rings. The maximum atomic E-state index is 5.80. The lowest BCUT2D eigenvalue weighted by molar-refractivity contribution is 0.208. The second-order valence-corrected chi connectivity index (χ2v) is 5.61. The molecule has 1 aromatic carbocycles. The molecule has 3 heteroatoms. The van der Waals surface area contributed by atoms with E-state index in [-0.39, 0.29) is 0 Å². The fourth-order valence-electron chi connectivity index (χ4n) is 1.63. The van der Waals surface area contributed by atoms with Crippen molar-refractivity contribution in [2.24, 2.45) is 0 Å². The summed E-state index contributed by atoms with van der Waals surface area (Å²) < 4.78 is 5.80. The van der Waals surface area contributed by atoms with Gasteiger partial charge in [0.1, 0.15) is 12.4 Å². The molecule has 0 aliphatic carbocycles. The van der Waals surface area contributed by atoms with E-state index in [1.165, 1.54) is 5.56 Å². The van der Waals surface area contributed by atoms with Crippen LogP contribution in [0.4, 0.5) is 0 Å². The van der Waals surface area contributed by atoms with Gasteiger partial charge in [0.05, 0.1) is 0 Å². The van der Waals surface area contributed by atoms with Crippen LogP contribution in [0.3, 0.4) is 0 Å². The van der Waals surface area contributed by atoms with Crippen LogP contribution >= 0.6 is 0 Å². The standard InChI is InChI=1S/C16H28N2O/c1-13(2)17-12-15-7-6-8-16(11-15)19-10-9-18(5)14(3)4/h6-8,11,13-14,17H,9-10,12H2,1-5H3. The van der Waals surface area contributed by atoms with Crippen molar-refractivity contribution in [3.05, 3.63) is 29.8 Å². The summed E-state index contributed by atoms with van der Waals surface area (Å²) >= 11 is 0. The van der Waals surface area contributed by atoms with E-state index >= 15 is 0 Å². The average Bonchev–Trinajstić information content (AvgIpc) is 2.36. The first-order valence-corrected chi connectivity index (χ1v) is 7.14. The number of rotatable bonds is 8. The monoisotopic (exact) mass is 264 g/mol.